The molecule has 0 spiro atoms. The van der Waals surface area contributed by atoms with Gasteiger partial charge in [-0.3, -0.25) is 0 Å². The van der Waals surface area contributed by atoms with Gasteiger partial charge in [0.15, 0.2) is 13.0 Å². The summed E-state index contributed by atoms with van der Waals surface area (Å²) in [6.07, 6.45) is 0.720. The molecule has 0 aromatic heterocycles. The average Bonchev–Trinajstić information content (AvgIpc) is 2.74. The van der Waals surface area contributed by atoms with Crippen molar-refractivity contribution >= 4 is 244 Å². The summed E-state index contributed by atoms with van der Waals surface area (Å²) in [6, 6.07) is 2.27. The largest absolute Gasteiger partial charge is 0.226 e. The van der Waals surface area contributed by atoms with E-state index in [0.717, 1.165) is 12.1 Å². The third kappa shape index (κ3) is 8.19. The fraction of sp³-hybridized carbons (Fsp3) is 0.632. The van der Waals surface area contributed by atoms with Crippen LogP contribution in [0.15, 0.2) is 12.1 Å². The molecule has 1 aromatic carbocycles. The van der Waals surface area contributed by atoms with E-state index in [9.17, 15) is 0 Å². The van der Waals surface area contributed by atoms with E-state index in [1.165, 1.54) is 0 Å². The Bertz CT molecular complexity index is 994. The average molecular weight is 983 g/mol. The van der Waals surface area contributed by atoms with Gasteiger partial charge in [0.05, 0.1) is 0 Å². The molecule has 0 N–H and O–H groups in total. The van der Waals surface area contributed by atoms with E-state index in [2.05, 4.69) is 6.92 Å². The van der Waals surface area contributed by atoms with Crippen LogP contribution in [0.1, 0.15) is 35.1 Å². The maximum absolute atomic E-state index is 6.75. The molecule has 40 heavy (non-hydrogen) atoms. The molecular weight excluding hydrogens is 973 g/mol. The standard InChI is InChI=1S/C19H10Cl21/c1-2-3-4-8-9(12(22,23)15(28,29)18(35,36)37)5-7(11(20,21)14(26,27)17(32,33)34)6-10(8)13(24,25)16(30,31)19(38,39)40/h5-6H,1-4H2. The van der Waals surface area contributed by atoms with Crippen LogP contribution in [0.25, 0.3) is 0 Å². The van der Waals surface area contributed by atoms with Gasteiger partial charge in [0, 0.05) is 0 Å². The van der Waals surface area contributed by atoms with Crippen molar-refractivity contribution in [2.45, 2.75) is 56.6 Å². The number of hydrogen-bond acceptors (Lipinski definition) is 0. The van der Waals surface area contributed by atoms with E-state index in [0.29, 0.717) is 12.8 Å². The molecule has 0 saturated carbocycles. The summed E-state index contributed by atoms with van der Waals surface area (Å²) in [5.74, 6) is 0. The Kier molecular flexibility index (Phi) is 15.5. The summed E-state index contributed by atoms with van der Waals surface area (Å²) >= 11 is 133. The van der Waals surface area contributed by atoms with Crippen LogP contribution >= 0.6 is 244 Å². The first-order valence-corrected chi connectivity index (χ1v) is 17.7. The molecule has 21 heteroatoms. The summed E-state index contributed by atoms with van der Waals surface area (Å²) in [5, 5.41) is 0. The van der Waals surface area contributed by atoms with Crippen molar-refractivity contribution in [3.63, 3.8) is 0 Å². The minimum atomic E-state index is -2.62. The van der Waals surface area contributed by atoms with Crippen LogP contribution < -0.4 is 0 Å². The topological polar surface area (TPSA) is 0 Å². The third-order valence-electron chi connectivity index (χ3n) is 5.22. The molecule has 0 amide bonds. The Morgan fingerprint density at radius 1 is 0.450 bits per heavy atom. The lowest BCUT2D eigenvalue weighted by molar-refractivity contribution is 0.647. The predicted molar refractivity (Wildman–Crippen MR) is 189 cm³/mol. The number of halogens is 21. The van der Waals surface area contributed by atoms with Crippen LogP contribution in [0, 0.1) is 6.92 Å². The van der Waals surface area contributed by atoms with Crippen LogP contribution in [0.3, 0.4) is 0 Å². The van der Waals surface area contributed by atoms with Crippen molar-refractivity contribution < 1.29 is 0 Å². The summed E-state index contributed by atoms with van der Waals surface area (Å²) in [6.45, 7) is 3.79. The molecule has 0 aliphatic rings. The van der Waals surface area contributed by atoms with Gasteiger partial charge in [-0.2, -0.15) is 0 Å². The van der Waals surface area contributed by atoms with Gasteiger partial charge in [-0.1, -0.05) is 257 Å². The molecular formula is C19H10Cl21. The molecule has 0 atom stereocenters. The van der Waals surface area contributed by atoms with E-state index in [-0.39, 0.29) is 28.7 Å². The highest BCUT2D eigenvalue weighted by Gasteiger charge is 2.66. The second kappa shape index (κ2) is 14.3. The molecule has 0 heterocycles. The Morgan fingerprint density at radius 3 is 0.975 bits per heavy atom. The Morgan fingerprint density at radius 2 is 0.725 bits per heavy atom. The second-order valence-electron chi connectivity index (χ2n) is 7.95. The van der Waals surface area contributed by atoms with Crippen LogP contribution in [0.5, 0.6) is 0 Å². The molecule has 0 saturated heterocycles. The summed E-state index contributed by atoms with van der Waals surface area (Å²) < 4.78 is -23.1. The minimum Gasteiger partial charge on any atom is -0.0930 e. The summed E-state index contributed by atoms with van der Waals surface area (Å²) in [4.78, 5) is 0. The number of hydrogen-bond donors (Lipinski definition) is 0. The SMILES string of the molecule is [CH2]CCCc1c(C(Cl)(Cl)C(Cl)(Cl)C(Cl)(Cl)Cl)cc(C(Cl)(Cl)C(Cl)(Cl)C(Cl)(Cl)Cl)cc1C(Cl)(Cl)C(Cl)(Cl)C(Cl)(Cl)Cl. The number of rotatable bonds is 9. The number of benzene rings is 1. The molecule has 0 aliphatic heterocycles. The van der Waals surface area contributed by atoms with Crippen molar-refractivity contribution in [1.82, 2.24) is 0 Å². The van der Waals surface area contributed by atoms with Gasteiger partial charge in [0.1, 0.15) is 0 Å². The highest BCUT2D eigenvalue weighted by Crippen LogP contribution is 2.67. The molecule has 1 radical (unpaired) electrons. The van der Waals surface area contributed by atoms with Crippen molar-refractivity contribution in [3.05, 3.63) is 41.3 Å². The number of unbranched alkanes of at least 4 members (excludes halogenated alkanes) is 1. The maximum atomic E-state index is 6.75. The van der Waals surface area contributed by atoms with Crippen molar-refractivity contribution in [1.29, 1.82) is 0 Å². The molecule has 1 aromatic rings. The first-order chi connectivity index (χ1) is 17.3. The fourth-order valence-electron chi connectivity index (χ4n) is 3.04. The Labute approximate surface area is 337 Å². The second-order valence-corrected chi connectivity index (χ2v) is 22.8. The van der Waals surface area contributed by atoms with Gasteiger partial charge < -0.3 is 0 Å². The van der Waals surface area contributed by atoms with Crippen LogP contribution in [-0.2, 0) is 19.4 Å². The lowest BCUT2D eigenvalue weighted by Gasteiger charge is -2.44. The van der Waals surface area contributed by atoms with E-state index in [4.69, 9.17) is 244 Å². The van der Waals surface area contributed by atoms with Gasteiger partial charge in [-0.25, -0.2) is 0 Å². The van der Waals surface area contributed by atoms with Gasteiger partial charge in [0.2, 0.25) is 24.4 Å². The van der Waals surface area contributed by atoms with E-state index in [1.54, 1.807) is 0 Å². The Balaban J connectivity index is 4.53. The highest BCUT2D eigenvalue weighted by atomic mass is 35.6. The molecule has 1 rings (SSSR count). The monoisotopic (exact) mass is 972 g/mol. The molecule has 0 nitrogen and oxygen atoms in total. The van der Waals surface area contributed by atoms with Crippen molar-refractivity contribution in [2.24, 2.45) is 0 Å². The molecule has 233 valence electrons. The van der Waals surface area contributed by atoms with Crippen LogP contribution in [0.2, 0.25) is 0 Å². The fourth-order valence-corrected chi connectivity index (χ4v) is 7.55. The van der Waals surface area contributed by atoms with Gasteiger partial charge >= 0.3 is 0 Å². The van der Waals surface area contributed by atoms with Gasteiger partial charge in [-0.15, -0.1) is 0 Å². The Hall–Kier alpha value is 5.31. The van der Waals surface area contributed by atoms with E-state index in [1.807, 2.05) is 0 Å². The molecule has 0 bridgehead atoms. The van der Waals surface area contributed by atoms with E-state index < -0.39 is 37.4 Å². The van der Waals surface area contributed by atoms with Crippen LogP contribution in [0.4, 0.5) is 0 Å². The zero-order valence-electron chi connectivity index (χ0n) is 18.4. The minimum absolute atomic E-state index is 0.0270. The first kappa shape index (κ1) is 43.3. The van der Waals surface area contributed by atoms with Crippen molar-refractivity contribution in [2.75, 3.05) is 0 Å². The zero-order chi connectivity index (χ0) is 32.3. The quantitative estimate of drug-likeness (QED) is 0.216. The van der Waals surface area contributed by atoms with Gasteiger partial charge in [-0.05, 0) is 47.2 Å². The third-order valence-corrected chi connectivity index (χ3v) is 17.0. The number of alkyl halides is 21. The molecule has 0 unspecified atom stereocenters. The summed E-state index contributed by atoms with van der Waals surface area (Å²) in [7, 11) is 0. The lowest BCUT2D eigenvalue weighted by Crippen LogP contribution is -2.49. The highest BCUT2D eigenvalue weighted by molar-refractivity contribution is 6.80. The lowest BCUT2D eigenvalue weighted by atomic mass is 9.87. The van der Waals surface area contributed by atoms with Crippen LogP contribution in [-0.4, -0.2) is 24.4 Å². The normalized spacial score (nSPS) is 15.6. The predicted octanol–water partition coefficient (Wildman–Crippen LogP) is 15.4. The summed E-state index contributed by atoms with van der Waals surface area (Å²) in [5.41, 5.74) is -0.776. The smallest absolute Gasteiger partial charge is 0.0930 e. The zero-order valence-corrected chi connectivity index (χ0v) is 34.3. The first-order valence-electron chi connectivity index (χ1n) is 9.73. The molecule has 0 aliphatic carbocycles. The van der Waals surface area contributed by atoms with Gasteiger partial charge in [0.25, 0.3) is 0 Å². The maximum Gasteiger partial charge on any atom is 0.226 e. The van der Waals surface area contributed by atoms with Crippen molar-refractivity contribution in [3.8, 4) is 0 Å². The molecule has 0 fully saturated rings. The van der Waals surface area contributed by atoms with E-state index >= 15 is 0 Å².